The van der Waals surface area contributed by atoms with E-state index in [1.807, 2.05) is 6.07 Å². The van der Waals surface area contributed by atoms with Gasteiger partial charge in [0.25, 0.3) is 0 Å². The lowest BCUT2D eigenvalue weighted by Gasteiger charge is -2.52. The Hall–Kier alpha value is -1.88. The molecule has 1 saturated carbocycles. The number of piperazine rings is 1. The summed E-state index contributed by atoms with van der Waals surface area (Å²) in [4.78, 5) is 28.5. The summed E-state index contributed by atoms with van der Waals surface area (Å²) in [5.41, 5.74) is 1.00. The van der Waals surface area contributed by atoms with Crippen molar-refractivity contribution in [3.05, 3.63) is 35.4 Å². The van der Waals surface area contributed by atoms with Gasteiger partial charge in [-0.1, -0.05) is 31.4 Å². The molecule has 24 heavy (non-hydrogen) atoms. The molecule has 5 nitrogen and oxygen atoms in total. The van der Waals surface area contributed by atoms with Crippen molar-refractivity contribution in [1.29, 1.82) is 0 Å². The number of benzene rings is 1. The van der Waals surface area contributed by atoms with Crippen LogP contribution in [0.5, 0.6) is 0 Å². The molecule has 1 aliphatic heterocycles. The molecule has 0 atom stereocenters. The van der Waals surface area contributed by atoms with Crippen LogP contribution in [-0.4, -0.2) is 59.0 Å². The number of carbonyl (C=O) groups is 2. The lowest BCUT2D eigenvalue weighted by Crippen LogP contribution is -2.64. The molecule has 1 spiro atoms. The van der Waals surface area contributed by atoms with Crippen LogP contribution in [0, 0.1) is 0 Å². The van der Waals surface area contributed by atoms with E-state index in [0.717, 1.165) is 38.0 Å². The van der Waals surface area contributed by atoms with Crippen LogP contribution in [0.3, 0.4) is 0 Å². The number of nitrogens with zero attached hydrogens (tertiary/aromatic N) is 2. The molecule has 2 fully saturated rings. The standard InChI is InChI=1S/C19H26N2O3/c1-20-10-11-21(19(14-20)8-3-2-4-9-19)17(22)13-15-6-5-7-16(12-15)18(23)24/h5-7,12H,2-4,8-11,13-14H2,1H3,(H,23,24). The van der Waals surface area contributed by atoms with Gasteiger partial charge in [0.15, 0.2) is 0 Å². The van der Waals surface area contributed by atoms with Crippen LogP contribution in [0.1, 0.15) is 48.0 Å². The van der Waals surface area contributed by atoms with Crippen molar-refractivity contribution in [3.63, 3.8) is 0 Å². The van der Waals surface area contributed by atoms with Crippen molar-refractivity contribution >= 4 is 11.9 Å². The molecule has 5 heteroatoms. The van der Waals surface area contributed by atoms with Gasteiger partial charge >= 0.3 is 5.97 Å². The molecule has 1 aromatic carbocycles. The van der Waals surface area contributed by atoms with Crippen LogP contribution >= 0.6 is 0 Å². The van der Waals surface area contributed by atoms with E-state index < -0.39 is 5.97 Å². The summed E-state index contributed by atoms with van der Waals surface area (Å²) in [5.74, 6) is -0.819. The van der Waals surface area contributed by atoms with E-state index in [1.54, 1.807) is 18.2 Å². The van der Waals surface area contributed by atoms with Crippen LogP contribution in [-0.2, 0) is 11.2 Å². The van der Waals surface area contributed by atoms with Gasteiger partial charge in [-0.25, -0.2) is 4.79 Å². The highest BCUT2D eigenvalue weighted by atomic mass is 16.4. The summed E-state index contributed by atoms with van der Waals surface area (Å²) >= 11 is 0. The Labute approximate surface area is 143 Å². The Morgan fingerprint density at radius 1 is 1.17 bits per heavy atom. The number of carboxylic acids is 1. The fraction of sp³-hybridized carbons (Fsp3) is 0.579. The van der Waals surface area contributed by atoms with Gasteiger partial charge in [0.05, 0.1) is 17.5 Å². The maximum atomic E-state index is 13.0. The first-order valence-electron chi connectivity index (χ1n) is 8.81. The van der Waals surface area contributed by atoms with Crippen molar-refractivity contribution in [1.82, 2.24) is 9.80 Å². The smallest absolute Gasteiger partial charge is 0.335 e. The fourth-order valence-electron chi connectivity index (χ4n) is 4.29. The Kier molecular flexibility index (Phi) is 4.90. The average molecular weight is 330 g/mol. The summed E-state index contributed by atoms with van der Waals surface area (Å²) in [5, 5.41) is 9.12. The number of rotatable bonds is 3. The van der Waals surface area contributed by atoms with Crippen LogP contribution in [0.25, 0.3) is 0 Å². The molecular formula is C19H26N2O3. The van der Waals surface area contributed by atoms with Crippen molar-refractivity contribution in [2.24, 2.45) is 0 Å². The van der Waals surface area contributed by atoms with Crippen molar-refractivity contribution in [2.45, 2.75) is 44.1 Å². The third-order valence-corrected chi connectivity index (χ3v) is 5.46. The zero-order valence-corrected chi connectivity index (χ0v) is 14.3. The second-order valence-electron chi connectivity index (χ2n) is 7.25. The molecule has 0 aromatic heterocycles. The number of carboxylic acid groups (broad SMARTS) is 1. The molecule has 1 N–H and O–H groups in total. The highest BCUT2D eigenvalue weighted by molar-refractivity contribution is 5.88. The highest BCUT2D eigenvalue weighted by Crippen LogP contribution is 2.36. The van der Waals surface area contributed by atoms with E-state index in [-0.39, 0.29) is 23.4 Å². The monoisotopic (exact) mass is 330 g/mol. The van der Waals surface area contributed by atoms with Gasteiger partial charge in [-0.05, 0) is 37.6 Å². The maximum Gasteiger partial charge on any atom is 0.335 e. The van der Waals surface area contributed by atoms with E-state index >= 15 is 0 Å². The second-order valence-corrected chi connectivity index (χ2v) is 7.25. The summed E-state index contributed by atoms with van der Waals surface area (Å²) in [6.07, 6.45) is 6.08. The van der Waals surface area contributed by atoms with E-state index in [2.05, 4.69) is 16.8 Å². The minimum atomic E-state index is -0.951. The predicted molar refractivity (Wildman–Crippen MR) is 92.1 cm³/mol. The van der Waals surface area contributed by atoms with E-state index in [4.69, 9.17) is 5.11 Å². The van der Waals surface area contributed by atoms with Crippen LogP contribution < -0.4 is 0 Å². The number of carbonyl (C=O) groups excluding carboxylic acids is 1. The van der Waals surface area contributed by atoms with Gasteiger partial charge in [-0.3, -0.25) is 4.79 Å². The molecule has 1 saturated heterocycles. The topological polar surface area (TPSA) is 60.9 Å². The minimum Gasteiger partial charge on any atom is -0.478 e. The van der Waals surface area contributed by atoms with Gasteiger partial charge in [0.1, 0.15) is 0 Å². The molecule has 0 unspecified atom stereocenters. The highest BCUT2D eigenvalue weighted by Gasteiger charge is 2.43. The van der Waals surface area contributed by atoms with Gasteiger partial charge in [-0.2, -0.15) is 0 Å². The van der Waals surface area contributed by atoms with Crippen molar-refractivity contribution < 1.29 is 14.7 Å². The largest absolute Gasteiger partial charge is 0.478 e. The summed E-state index contributed by atoms with van der Waals surface area (Å²) in [7, 11) is 2.13. The molecule has 130 valence electrons. The first-order valence-corrected chi connectivity index (χ1v) is 8.81. The molecule has 2 aliphatic rings. The van der Waals surface area contributed by atoms with Crippen LogP contribution in [0.15, 0.2) is 24.3 Å². The van der Waals surface area contributed by atoms with Crippen LogP contribution in [0.2, 0.25) is 0 Å². The number of hydrogen-bond donors (Lipinski definition) is 1. The molecule has 1 aliphatic carbocycles. The lowest BCUT2D eigenvalue weighted by atomic mass is 9.78. The Bertz CT molecular complexity index is 623. The summed E-state index contributed by atoms with van der Waals surface area (Å²) < 4.78 is 0. The number of amides is 1. The summed E-state index contributed by atoms with van der Waals surface area (Å²) in [6, 6.07) is 6.74. The maximum absolute atomic E-state index is 13.0. The third-order valence-electron chi connectivity index (χ3n) is 5.46. The summed E-state index contributed by atoms with van der Waals surface area (Å²) in [6.45, 7) is 2.63. The fourth-order valence-corrected chi connectivity index (χ4v) is 4.29. The number of aromatic carboxylic acids is 1. The zero-order valence-electron chi connectivity index (χ0n) is 14.3. The molecule has 1 amide bonds. The molecular weight excluding hydrogens is 304 g/mol. The van der Waals surface area contributed by atoms with Gasteiger partial charge < -0.3 is 14.9 Å². The van der Waals surface area contributed by atoms with Crippen LogP contribution in [0.4, 0.5) is 0 Å². The quantitative estimate of drug-likeness (QED) is 0.924. The van der Waals surface area contributed by atoms with Crippen molar-refractivity contribution in [2.75, 3.05) is 26.7 Å². The Morgan fingerprint density at radius 2 is 1.92 bits per heavy atom. The van der Waals surface area contributed by atoms with E-state index in [1.165, 1.54) is 19.3 Å². The number of hydrogen-bond acceptors (Lipinski definition) is 3. The van der Waals surface area contributed by atoms with Gasteiger partial charge in [0, 0.05) is 19.6 Å². The number of likely N-dealkylation sites (N-methyl/N-ethyl adjacent to an activating group) is 1. The molecule has 0 radical (unpaired) electrons. The second kappa shape index (κ2) is 6.93. The predicted octanol–water partition coefficient (Wildman–Crippen LogP) is 2.40. The third kappa shape index (κ3) is 3.46. The Balaban J connectivity index is 1.77. The zero-order chi connectivity index (χ0) is 17.2. The molecule has 0 bridgehead atoms. The normalized spacial score (nSPS) is 21.0. The molecule has 1 aromatic rings. The first-order chi connectivity index (χ1) is 11.5. The molecule has 3 rings (SSSR count). The minimum absolute atomic E-state index is 0.0211. The van der Waals surface area contributed by atoms with Gasteiger partial charge in [-0.15, -0.1) is 0 Å². The average Bonchev–Trinajstić information content (AvgIpc) is 2.55. The Morgan fingerprint density at radius 3 is 2.62 bits per heavy atom. The van der Waals surface area contributed by atoms with Gasteiger partial charge in [0.2, 0.25) is 5.91 Å². The van der Waals surface area contributed by atoms with E-state index in [0.29, 0.717) is 0 Å². The lowest BCUT2D eigenvalue weighted by molar-refractivity contribution is -0.143. The SMILES string of the molecule is CN1CCN(C(=O)Cc2cccc(C(=O)O)c2)C2(CCCCC2)C1. The molecule has 1 heterocycles. The van der Waals surface area contributed by atoms with E-state index in [9.17, 15) is 9.59 Å². The van der Waals surface area contributed by atoms with Crippen molar-refractivity contribution in [3.8, 4) is 0 Å². The first kappa shape index (κ1) is 17.0.